The fourth-order valence-electron chi connectivity index (χ4n) is 3.45. The van der Waals surface area contributed by atoms with Crippen molar-refractivity contribution >= 4 is 24.2 Å². The standard InChI is InChI=1S/C16H29N3O2.ClH/c1-17-14-7-4-10-19(12-14)16(21)11-18-15(20)9-8-13-5-2-3-6-13;/h13-14,17H,2-12H2,1H3,(H,18,20);1H. The number of carbonyl (C=O) groups is 2. The first-order chi connectivity index (χ1) is 10.2. The SMILES string of the molecule is CNC1CCCN(C(=O)CNC(=O)CCC2CCCC2)C1.Cl. The van der Waals surface area contributed by atoms with Gasteiger partial charge in [0.15, 0.2) is 0 Å². The van der Waals surface area contributed by atoms with E-state index in [1.807, 2.05) is 11.9 Å². The van der Waals surface area contributed by atoms with E-state index in [0.29, 0.717) is 12.5 Å². The molecule has 2 N–H and O–H groups in total. The van der Waals surface area contributed by atoms with Crippen LogP contribution in [0.4, 0.5) is 0 Å². The van der Waals surface area contributed by atoms with Crippen molar-refractivity contribution in [2.75, 3.05) is 26.7 Å². The van der Waals surface area contributed by atoms with Gasteiger partial charge in [-0.3, -0.25) is 9.59 Å². The molecule has 6 heteroatoms. The van der Waals surface area contributed by atoms with Crippen molar-refractivity contribution < 1.29 is 9.59 Å². The lowest BCUT2D eigenvalue weighted by Gasteiger charge is -2.32. The maximum atomic E-state index is 12.1. The van der Waals surface area contributed by atoms with Crippen LogP contribution in [-0.2, 0) is 9.59 Å². The highest BCUT2D eigenvalue weighted by Gasteiger charge is 2.22. The summed E-state index contributed by atoms with van der Waals surface area (Å²) in [6, 6.07) is 0.390. The number of likely N-dealkylation sites (N-methyl/N-ethyl adjacent to an activating group) is 1. The van der Waals surface area contributed by atoms with Gasteiger partial charge in [-0.2, -0.15) is 0 Å². The van der Waals surface area contributed by atoms with Crippen molar-refractivity contribution in [3.63, 3.8) is 0 Å². The highest BCUT2D eigenvalue weighted by atomic mass is 35.5. The van der Waals surface area contributed by atoms with Crippen molar-refractivity contribution in [3.05, 3.63) is 0 Å². The van der Waals surface area contributed by atoms with Crippen LogP contribution in [0.1, 0.15) is 51.4 Å². The predicted molar refractivity (Wildman–Crippen MR) is 90.1 cm³/mol. The zero-order chi connectivity index (χ0) is 15.1. The molecular formula is C16H30ClN3O2. The summed E-state index contributed by atoms with van der Waals surface area (Å²) < 4.78 is 0. The Labute approximate surface area is 140 Å². The molecule has 0 spiro atoms. The molecule has 1 saturated heterocycles. The molecule has 0 aromatic heterocycles. The second-order valence-electron chi connectivity index (χ2n) is 6.43. The van der Waals surface area contributed by atoms with Crippen LogP contribution in [0.5, 0.6) is 0 Å². The number of hydrogen-bond acceptors (Lipinski definition) is 3. The van der Waals surface area contributed by atoms with E-state index in [-0.39, 0.29) is 30.8 Å². The topological polar surface area (TPSA) is 61.4 Å². The molecule has 128 valence electrons. The van der Waals surface area contributed by atoms with Crippen LogP contribution in [0.3, 0.4) is 0 Å². The molecule has 2 fully saturated rings. The van der Waals surface area contributed by atoms with Gasteiger partial charge in [-0.05, 0) is 32.2 Å². The van der Waals surface area contributed by atoms with Crippen LogP contribution < -0.4 is 10.6 Å². The van der Waals surface area contributed by atoms with Crippen molar-refractivity contribution in [3.8, 4) is 0 Å². The van der Waals surface area contributed by atoms with Gasteiger partial charge in [0.2, 0.25) is 11.8 Å². The quantitative estimate of drug-likeness (QED) is 0.779. The molecule has 1 aliphatic carbocycles. The van der Waals surface area contributed by atoms with Gasteiger partial charge in [-0.15, -0.1) is 12.4 Å². The Bertz CT molecular complexity index is 359. The van der Waals surface area contributed by atoms with E-state index >= 15 is 0 Å². The molecule has 1 heterocycles. The number of nitrogens with zero attached hydrogens (tertiary/aromatic N) is 1. The predicted octanol–water partition coefficient (Wildman–Crippen LogP) is 1.71. The second kappa shape index (κ2) is 10.1. The molecule has 2 amide bonds. The first-order valence-corrected chi connectivity index (χ1v) is 8.40. The molecule has 5 nitrogen and oxygen atoms in total. The summed E-state index contributed by atoms with van der Waals surface area (Å²) in [6.07, 6.45) is 8.86. The molecule has 0 aromatic carbocycles. The Balaban J connectivity index is 0.00000242. The molecule has 1 aliphatic heterocycles. The number of hydrogen-bond donors (Lipinski definition) is 2. The van der Waals surface area contributed by atoms with E-state index in [4.69, 9.17) is 0 Å². The van der Waals surface area contributed by atoms with Gasteiger partial charge in [0.05, 0.1) is 6.54 Å². The third kappa shape index (κ3) is 6.13. The number of amides is 2. The lowest BCUT2D eigenvalue weighted by atomic mass is 10.0. The second-order valence-corrected chi connectivity index (χ2v) is 6.43. The summed E-state index contributed by atoms with van der Waals surface area (Å²) in [5.41, 5.74) is 0. The summed E-state index contributed by atoms with van der Waals surface area (Å²) >= 11 is 0. The highest BCUT2D eigenvalue weighted by Crippen LogP contribution is 2.28. The van der Waals surface area contributed by atoms with Gasteiger partial charge in [-0.1, -0.05) is 25.7 Å². The van der Waals surface area contributed by atoms with Crippen LogP contribution in [-0.4, -0.2) is 49.4 Å². The third-order valence-corrected chi connectivity index (χ3v) is 4.87. The van der Waals surface area contributed by atoms with Gasteiger partial charge < -0.3 is 15.5 Å². The lowest BCUT2D eigenvalue weighted by Crippen LogP contribution is -2.49. The number of carbonyl (C=O) groups excluding carboxylic acids is 2. The van der Waals surface area contributed by atoms with Gasteiger partial charge in [0.25, 0.3) is 0 Å². The average molecular weight is 332 g/mol. The van der Waals surface area contributed by atoms with E-state index in [2.05, 4.69) is 10.6 Å². The molecule has 1 atom stereocenters. The Morgan fingerprint density at radius 2 is 1.86 bits per heavy atom. The van der Waals surface area contributed by atoms with Crippen LogP contribution in [0.25, 0.3) is 0 Å². The third-order valence-electron chi connectivity index (χ3n) is 4.87. The largest absolute Gasteiger partial charge is 0.347 e. The minimum atomic E-state index is 0. The molecule has 1 unspecified atom stereocenters. The molecule has 1 saturated carbocycles. The number of halogens is 1. The molecule has 2 aliphatic rings. The van der Waals surface area contributed by atoms with Crippen LogP contribution >= 0.6 is 12.4 Å². The zero-order valence-electron chi connectivity index (χ0n) is 13.6. The maximum Gasteiger partial charge on any atom is 0.242 e. The van der Waals surface area contributed by atoms with Crippen LogP contribution in [0.15, 0.2) is 0 Å². The Kier molecular flexibility index (Phi) is 8.79. The fourth-order valence-corrected chi connectivity index (χ4v) is 3.45. The van der Waals surface area contributed by atoms with Crippen molar-refractivity contribution in [1.82, 2.24) is 15.5 Å². The Morgan fingerprint density at radius 3 is 2.55 bits per heavy atom. The Morgan fingerprint density at radius 1 is 1.14 bits per heavy atom. The molecular weight excluding hydrogens is 302 g/mol. The van der Waals surface area contributed by atoms with E-state index < -0.39 is 0 Å². The molecule has 2 rings (SSSR count). The van der Waals surface area contributed by atoms with Gasteiger partial charge in [0.1, 0.15) is 0 Å². The number of nitrogens with one attached hydrogen (secondary N) is 2. The number of piperidine rings is 1. The fraction of sp³-hybridized carbons (Fsp3) is 0.875. The minimum absolute atomic E-state index is 0. The van der Waals surface area contributed by atoms with Gasteiger partial charge in [0, 0.05) is 25.6 Å². The first-order valence-electron chi connectivity index (χ1n) is 8.40. The number of likely N-dealkylation sites (tertiary alicyclic amines) is 1. The molecule has 0 bridgehead atoms. The smallest absolute Gasteiger partial charge is 0.242 e. The molecule has 22 heavy (non-hydrogen) atoms. The van der Waals surface area contributed by atoms with E-state index in [0.717, 1.165) is 38.3 Å². The van der Waals surface area contributed by atoms with Crippen LogP contribution in [0.2, 0.25) is 0 Å². The van der Waals surface area contributed by atoms with E-state index in [1.54, 1.807) is 0 Å². The monoisotopic (exact) mass is 331 g/mol. The summed E-state index contributed by atoms with van der Waals surface area (Å²) in [7, 11) is 1.93. The maximum absolute atomic E-state index is 12.1. The van der Waals surface area contributed by atoms with Crippen molar-refractivity contribution in [2.24, 2.45) is 5.92 Å². The minimum Gasteiger partial charge on any atom is -0.347 e. The van der Waals surface area contributed by atoms with Crippen molar-refractivity contribution in [1.29, 1.82) is 0 Å². The zero-order valence-corrected chi connectivity index (χ0v) is 14.4. The summed E-state index contributed by atoms with van der Waals surface area (Å²) in [5.74, 6) is 0.798. The summed E-state index contributed by atoms with van der Waals surface area (Å²) in [6.45, 7) is 1.72. The van der Waals surface area contributed by atoms with Crippen LogP contribution in [0, 0.1) is 5.92 Å². The van der Waals surface area contributed by atoms with Crippen molar-refractivity contribution in [2.45, 2.75) is 57.4 Å². The average Bonchev–Trinajstić information content (AvgIpc) is 3.04. The summed E-state index contributed by atoms with van der Waals surface area (Å²) in [5, 5.41) is 6.01. The lowest BCUT2D eigenvalue weighted by molar-refractivity contribution is -0.134. The van der Waals surface area contributed by atoms with Gasteiger partial charge in [-0.25, -0.2) is 0 Å². The first kappa shape index (κ1) is 19.2. The molecule has 0 aromatic rings. The normalized spacial score (nSPS) is 22.2. The number of rotatable bonds is 6. The van der Waals surface area contributed by atoms with E-state index in [1.165, 1.54) is 25.7 Å². The highest BCUT2D eigenvalue weighted by molar-refractivity contribution is 5.85. The Hall–Kier alpha value is -0.810. The van der Waals surface area contributed by atoms with Gasteiger partial charge >= 0.3 is 0 Å². The van der Waals surface area contributed by atoms with E-state index in [9.17, 15) is 9.59 Å². The molecule has 0 radical (unpaired) electrons. The summed E-state index contributed by atoms with van der Waals surface area (Å²) in [4.78, 5) is 25.8.